The Kier molecular flexibility index (Phi) is 5.51. The first-order valence-electron chi connectivity index (χ1n) is 8.86. The van der Waals surface area contributed by atoms with Gasteiger partial charge in [-0.1, -0.05) is 44.0 Å². The van der Waals surface area contributed by atoms with Crippen LogP contribution in [0.5, 0.6) is 5.75 Å². The zero-order chi connectivity index (χ0) is 16.9. The van der Waals surface area contributed by atoms with Gasteiger partial charge in [-0.15, -0.1) is 0 Å². The molecule has 0 radical (unpaired) electrons. The van der Waals surface area contributed by atoms with Crippen molar-refractivity contribution in [1.29, 1.82) is 0 Å². The first kappa shape index (κ1) is 17.0. The number of nitrogens with one attached hydrogen (secondary N) is 1. The molecule has 3 atom stereocenters. The summed E-state index contributed by atoms with van der Waals surface area (Å²) in [5.41, 5.74) is 1.28. The molecule has 1 fully saturated rings. The summed E-state index contributed by atoms with van der Waals surface area (Å²) in [5.74, 6) is 3.52. The van der Waals surface area contributed by atoms with E-state index in [9.17, 15) is 0 Å². The van der Waals surface area contributed by atoms with Gasteiger partial charge in [0.15, 0.2) is 6.61 Å². The lowest BCUT2D eigenvalue weighted by atomic mass is 9.78. The summed E-state index contributed by atoms with van der Waals surface area (Å²) in [7, 11) is 0. The van der Waals surface area contributed by atoms with Crippen LogP contribution in [0.25, 0.3) is 0 Å². The van der Waals surface area contributed by atoms with Gasteiger partial charge in [-0.2, -0.15) is 4.98 Å². The lowest BCUT2D eigenvalue weighted by molar-refractivity contribution is 0.206. The van der Waals surface area contributed by atoms with E-state index >= 15 is 0 Å². The highest BCUT2D eigenvalue weighted by atomic mass is 16.5. The summed E-state index contributed by atoms with van der Waals surface area (Å²) in [5, 5.41) is 7.55. The largest absolute Gasteiger partial charge is 0.485 e. The number of benzene rings is 1. The Morgan fingerprint density at radius 2 is 2.00 bits per heavy atom. The fourth-order valence-corrected chi connectivity index (χ4v) is 3.37. The van der Waals surface area contributed by atoms with Gasteiger partial charge in [-0.05, 0) is 36.0 Å². The van der Waals surface area contributed by atoms with Crippen molar-refractivity contribution in [1.82, 2.24) is 15.5 Å². The molecule has 5 nitrogen and oxygen atoms in total. The van der Waals surface area contributed by atoms with E-state index < -0.39 is 0 Å². The summed E-state index contributed by atoms with van der Waals surface area (Å²) in [4.78, 5) is 4.12. The number of hydrogen-bond acceptors (Lipinski definition) is 5. The van der Waals surface area contributed by atoms with Gasteiger partial charge in [0, 0.05) is 19.5 Å². The molecule has 0 bridgehead atoms. The van der Waals surface area contributed by atoms with Crippen molar-refractivity contribution in [3.63, 3.8) is 0 Å². The molecular weight excluding hydrogens is 302 g/mol. The minimum Gasteiger partial charge on any atom is -0.485 e. The van der Waals surface area contributed by atoms with E-state index in [0.717, 1.165) is 24.1 Å². The molecule has 24 heavy (non-hydrogen) atoms. The second-order valence-electron chi connectivity index (χ2n) is 6.92. The molecule has 1 aliphatic carbocycles. The van der Waals surface area contributed by atoms with Crippen LogP contribution in [0.4, 0.5) is 0 Å². The molecule has 0 amide bonds. The van der Waals surface area contributed by atoms with Crippen molar-refractivity contribution in [3.8, 4) is 5.75 Å². The molecule has 1 aliphatic rings. The highest BCUT2D eigenvalue weighted by molar-refractivity contribution is 5.27. The molecule has 130 valence electrons. The fraction of sp³-hybridized carbons (Fsp3) is 0.579. The van der Waals surface area contributed by atoms with Crippen LogP contribution in [0, 0.1) is 18.8 Å². The monoisotopic (exact) mass is 329 g/mol. The maximum atomic E-state index is 5.68. The van der Waals surface area contributed by atoms with Crippen LogP contribution in [0.1, 0.15) is 50.4 Å². The third-order valence-corrected chi connectivity index (χ3v) is 5.14. The summed E-state index contributed by atoms with van der Waals surface area (Å²) in [6.07, 6.45) is 3.99. The Bertz CT molecular complexity index is 638. The number of nitrogens with zero attached hydrogens (tertiary/aromatic N) is 2. The van der Waals surface area contributed by atoms with Gasteiger partial charge >= 0.3 is 0 Å². The minimum absolute atomic E-state index is 0.326. The van der Waals surface area contributed by atoms with Gasteiger partial charge < -0.3 is 14.6 Å². The normalized spacial score (nSPS) is 24.0. The minimum atomic E-state index is 0.326. The highest BCUT2D eigenvalue weighted by Gasteiger charge is 2.26. The molecule has 1 aromatic carbocycles. The number of ether oxygens (including phenoxy) is 1. The highest BCUT2D eigenvalue weighted by Crippen LogP contribution is 2.29. The number of aryl methyl sites for hydroxylation is 1. The average molecular weight is 329 g/mol. The maximum Gasteiger partial charge on any atom is 0.223 e. The zero-order valence-corrected chi connectivity index (χ0v) is 14.8. The topological polar surface area (TPSA) is 60.2 Å². The summed E-state index contributed by atoms with van der Waals surface area (Å²) >= 11 is 0. The molecule has 1 heterocycles. The number of aromatic nitrogens is 2. The molecule has 3 unspecified atom stereocenters. The predicted molar refractivity (Wildman–Crippen MR) is 92.6 cm³/mol. The third kappa shape index (κ3) is 4.35. The van der Waals surface area contributed by atoms with E-state index in [1.165, 1.54) is 24.8 Å². The molecular formula is C19H27N3O2. The van der Waals surface area contributed by atoms with Crippen LogP contribution in [0.15, 0.2) is 28.8 Å². The van der Waals surface area contributed by atoms with E-state index in [4.69, 9.17) is 9.26 Å². The lowest BCUT2D eigenvalue weighted by Crippen LogP contribution is -2.40. The molecule has 1 saturated carbocycles. The second-order valence-corrected chi connectivity index (χ2v) is 6.92. The predicted octanol–water partition coefficient (Wildman–Crippen LogP) is 3.87. The van der Waals surface area contributed by atoms with Crippen molar-refractivity contribution in [2.24, 2.45) is 11.8 Å². The van der Waals surface area contributed by atoms with Crippen LogP contribution in [-0.4, -0.2) is 16.2 Å². The van der Waals surface area contributed by atoms with Crippen molar-refractivity contribution in [2.75, 3.05) is 0 Å². The average Bonchev–Trinajstić information content (AvgIpc) is 3.01. The number of hydrogen-bond donors (Lipinski definition) is 1. The van der Waals surface area contributed by atoms with Crippen LogP contribution in [0.2, 0.25) is 0 Å². The van der Waals surface area contributed by atoms with Gasteiger partial charge in [0.2, 0.25) is 11.7 Å². The van der Waals surface area contributed by atoms with Gasteiger partial charge in [0.25, 0.3) is 0 Å². The zero-order valence-electron chi connectivity index (χ0n) is 14.8. The standard InChI is InChI=1S/C19H27N3O2/c1-13-5-4-6-18(14(13)2)20-11-16-7-9-17(10-8-16)23-12-19-21-15(3)24-22-19/h7-10,13-14,18,20H,4-6,11-12H2,1-3H3. The van der Waals surface area contributed by atoms with Crippen molar-refractivity contribution in [2.45, 2.75) is 59.2 Å². The summed E-state index contributed by atoms with van der Waals surface area (Å²) < 4.78 is 10.6. The van der Waals surface area contributed by atoms with Crippen molar-refractivity contribution >= 4 is 0 Å². The Morgan fingerprint density at radius 1 is 1.21 bits per heavy atom. The van der Waals surface area contributed by atoms with Crippen LogP contribution in [0.3, 0.4) is 0 Å². The molecule has 5 heteroatoms. The fourth-order valence-electron chi connectivity index (χ4n) is 3.37. The summed E-state index contributed by atoms with van der Waals surface area (Å²) in [6, 6.07) is 8.85. The van der Waals surface area contributed by atoms with Crippen LogP contribution >= 0.6 is 0 Å². The second kappa shape index (κ2) is 7.79. The third-order valence-electron chi connectivity index (χ3n) is 5.14. The molecule has 0 aliphatic heterocycles. The first-order chi connectivity index (χ1) is 11.6. The quantitative estimate of drug-likeness (QED) is 0.871. The Hall–Kier alpha value is -1.88. The van der Waals surface area contributed by atoms with Gasteiger partial charge in [0.05, 0.1) is 0 Å². The smallest absolute Gasteiger partial charge is 0.223 e. The van der Waals surface area contributed by atoms with E-state index in [1.807, 2.05) is 12.1 Å². The van der Waals surface area contributed by atoms with E-state index in [-0.39, 0.29) is 0 Å². The Balaban J connectivity index is 1.47. The van der Waals surface area contributed by atoms with E-state index in [1.54, 1.807) is 6.92 Å². The lowest BCUT2D eigenvalue weighted by Gasteiger charge is -2.34. The van der Waals surface area contributed by atoms with Gasteiger partial charge in [-0.3, -0.25) is 0 Å². The van der Waals surface area contributed by atoms with Gasteiger partial charge in [-0.25, -0.2) is 0 Å². The molecule has 1 aromatic heterocycles. The maximum absolute atomic E-state index is 5.68. The molecule has 0 saturated heterocycles. The first-order valence-corrected chi connectivity index (χ1v) is 8.86. The van der Waals surface area contributed by atoms with Crippen LogP contribution < -0.4 is 10.1 Å². The molecule has 3 rings (SSSR count). The van der Waals surface area contributed by atoms with Crippen molar-refractivity contribution < 1.29 is 9.26 Å². The van der Waals surface area contributed by atoms with Gasteiger partial charge in [0.1, 0.15) is 5.75 Å². The van der Waals surface area contributed by atoms with E-state index in [0.29, 0.717) is 24.4 Å². The van der Waals surface area contributed by atoms with E-state index in [2.05, 4.69) is 41.4 Å². The van der Waals surface area contributed by atoms with Crippen LogP contribution in [-0.2, 0) is 13.2 Å². The Morgan fingerprint density at radius 3 is 2.71 bits per heavy atom. The molecule has 0 spiro atoms. The molecule has 2 aromatic rings. The van der Waals surface area contributed by atoms with Crippen molar-refractivity contribution in [3.05, 3.63) is 41.5 Å². The number of rotatable bonds is 6. The SMILES string of the molecule is Cc1nc(COc2ccc(CNC3CCCC(C)C3C)cc2)no1. The Labute approximate surface area is 143 Å². The molecule has 1 N–H and O–H groups in total. The summed E-state index contributed by atoms with van der Waals surface area (Å²) in [6.45, 7) is 7.75.